The summed E-state index contributed by atoms with van der Waals surface area (Å²) >= 11 is 0. The van der Waals surface area contributed by atoms with Gasteiger partial charge in [0.1, 0.15) is 10.1 Å². The molecule has 0 atom stereocenters. The summed E-state index contributed by atoms with van der Waals surface area (Å²) in [5.41, 5.74) is 0. The highest BCUT2D eigenvalue weighted by Crippen LogP contribution is 2.04. The molecule has 0 aromatic heterocycles. The number of nitrogens with zero attached hydrogens (tertiary/aromatic N) is 1. The second-order valence-electron chi connectivity index (χ2n) is 4.45. The first kappa shape index (κ1) is 14.1. The molecule has 1 rings (SSSR count). The molecule has 0 fully saturated rings. The third-order valence-corrected chi connectivity index (χ3v) is 1.88. The molecule has 0 saturated heterocycles. The van der Waals surface area contributed by atoms with Gasteiger partial charge in [-0.25, -0.2) is 8.42 Å². The van der Waals surface area contributed by atoms with Gasteiger partial charge in [0.05, 0.1) is 33.1 Å². The van der Waals surface area contributed by atoms with Crippen LogP contribution in [0.25, 0.3) is 0 Å². The van der Waals surface area contributed by atoms with Gasteiger partial charge < -0.3 is 9.04 Å². The van der Waals surface area contributed by atoms with Gasteiger partial charge in [0, 0.05) is 0 Å². The van der Waals surface area contributed by atoms with Crippen molar-refractivity contribution in [2.24, 2.45) is 0 Å². The summed E-state index contributed by atoms with van der Waals surface area (Å²) < 4.78 is 31.8. The molecule has 1 aromatic rings. The van der Waals surface area contributed by atoms with E-state index < -0.39 is 10.1 Å². The van der Waals surface area contributed by atoms with Gasteiger partial charge in [0.25, 0.3) is 0 Å². The predicted octanol–water partition coefficient (Wildman–Crippen LogP) is 0.913. The van der Waals surface area contributed by atoms with Crippen LogP contribution in [0.15, 0.2) is 35.2 Å². The number of quaternary nitrogens is 1. The van der Waals surface area contributed by atoms with Crippen molar-refractivity contribution in [1.29, 1.82) is 0 Å². The average Bonchev–Trinajstić information content (AvgIpc) is 2.01. The third-order valence-electron chi connectivity index (χ3n) is 1.03. The van der Waals surface area contributed by atoms with Crippen LogP contribution in [0.3, 0.4) is 0 Å². The van der Waals surface area contributed by atoms with Crippen LogP contribution in [0.5, 0.6) is 0 Å². The van der Waals surface area contributed by atoms with Crippen LogP contribution in [0.2, 0.25) is 0 Å². The van der Waals surface area contributed by atoms with Crippen molar-refractivity contribution >= 4 is 10.1 Å². The largest absolute Gasteiger partial charge is 0.744 e. The highest BCUT2D eigenvalue weighted by Gasteiger charge is 1.95. The Morgan fingerprint density at radius 1 is 1.00 bits per heavy atom. The van der Waals surface area contributed by atoms with Crippen molar-refractivity contribution in [3.8, 4) is 0 Å². The summed E-state index contributed by atoms with van der Waals surface area (Å²) in [6, 6.07) is 7.19. The van der Waals surface area contributed by atoms with Crippen molar-refractivity contribution in [2.75, 3.05) is 28.2 Å². The maximum Gasteiger partial charge on any atom is 0.124 e. The van der Waals surface area contributed by atoms with Crippen LogP contribution < -0.4 is 0 Å². The van der Waals surface area contributed by atoms with Crippen molar-refractivity contribution in [1.82, 2.24) is 0 Å². The molecule has 1 aromatic carbocycles. The van der Waals surface area contributed by atoms with Crippen LogP contribution >= 0.6 is 0 Å². The first-order chi connectivity index (χ1) is 6.61. The third kappa shape index (κ3) is 9.40. The molecular weight excluding hydrogens is 214 g/mol. The predicted molar refractivity (Wildman–Crippen MR) is 58.4 cm³/mol. The van der Waals surface area contributed by atoms with Gasteiger partial charge >= 0.3 is 0 Å². The minimum Gasteiger partial charge on any atom is -0.744 e. The van der Waals surface area contributed by atoms with E-state index in [-0.39, 0.29) is 4.90 Å². The van der Waals surface area contributed by atoms with E-state index in [2.05, 4.69) is 28.2 Å². The van der Waals surface area contributed by atoms with Crippen LogP contribution in [0.1, 0.15) is 0 Å². The van der Waals surface area contributed by atoms with E-state index in [4.69, 9.17) is 0 Å². The Bertz CT molecular complexity index is 373. The van der Waals surface area contributed by atoms with Crippen molar-refractivity contribution in [2.45, 2.75) is 4.90 Å². The maximum atomic E-state index is 10.3. The average molecular weight is 231 g/mol. The summed E-state index contributed by atoms with van der Waals surface area (Å²) in [6.07, 6.45) is 0. The highest BCUT2D eigenvalue weighted by atomic mass is 32.2. The van der Waals surface area contributed by atoms with Crippen molar-refractivity contribution < 1.29 is 17.5 Å². The molecule has 86 valence electrons. The lowest BCUT2D eigenvalue weighted by Crippen LogP contribution is -2.27. The Morgan fingerprint density at radius 3 is 1.53 bits per heavy atom. The molecule has 0 aliphatic heterocycles. The topological polar surface area (TPSA) is 57.2 Å². The lowest BCUT2D eigenvalue weighted by Gasteiger charge is -2.14. The van der Waals surface area contributed by atoms with Crippen molar-refractivity contribution in [3.05, 3.63) is 30.3 Å². The molecule has 0 N–H and O–H groups in total. The zero-order valence-electron chi connectivity index (χ0n) is 9.47. The van der Waals surface area contributed by atoms with Gasteiger partial charge in [0.2, 0.25) is 0 Å². The molecule has 0 spiro atoms. The van der Waals surface area contributed by atoms with E-state index in [1.807, 2.05) is 0 Å². The second-order valence-corrected chi connectivity index (χ2v) is 5.83. The molecule has 0 amide bonds. The molecule has 0 unspecified atom stereocenters. The molecule has 0 heterocycles. The van der Waals surface area contributed by atoms with Crippen LogP contribution in [-0.4, -0.2) is 45.6 Å². The summed E-state index contributed by atoms with van der Waals surface area (Å²) in [5.74, 6) is 0. The summed E-state index contributed by atoms with van der Waals surface area (Å²) in [4.78, 5) is -0.185. The zero-order chi connectivity index (χ0) is 12.1. The summed E-state index contributed by atoms with van der Waals surface area (Å²) in [6.45, 7) is 0. The Kier molecular flexibility index (Phi) is 4.93. The van der Waals surface area contributed by atoms with Crippen molar-refractivity contribution in [3.63, 3.8) is 0 Å². The molecule has 0 bridgehead atoms. The van der Waals surface area contributed by atoms with Gasteiger partial charge in [0.15, 0.2) is 0 Å². The monoisotopic (exact) mass is 231 g/mol. The first-order valence-electron chi connectivity index (χ1n) is 4.40. The van der Waals surface area contributed by atoms with E-state index in [0.717, 1.165) is 4.48 Å². The summed E-state index contributed by atoms with van der Waals surface area (Å²) in [7, 11) is 4.25. The van der Waals surface area contributed by atoms with E-state index in [1.54, 1.807) is 6.07 Å². The molecular formula is C10H17NO3S. The maximum absolute atomic E-state index is 10.3. The van der Waals surface area contributed by atoms with Gasteiger partial charge in [-0.3, -0.25) is 0 Å². The molecule has 15 heavy (non-hydrogen) atoms. The number of hydrogen-bond acceptors (Lipinski definition) is 3. The van der Waals surface area contributed by atoms with E-state index in [9.17, 15) is 13.0 Å². The molecule has 0 saturated carbocycles. The fraction of sp³-hybridized carbons (Fsp3) is 0.400. The van der Waals surface area contributed by atoms with Crippen LogP contribution in [0, 0.1) is 0 Å². The van der Waals surface area contributed by atoms with Crippen LogP contribution in [0.4, 0.5) is 0 Å². The second kappa shape index (κ2) is 5.25. The van der Waals surface area contributed by atoms with Gasteiger partial charge in [-0.2, -0.15) is 0 Å². The standard InChI is InChI=1S/C6H6O3S.C4H12N/c7-10(8,9)6-4-2-1-3-5-6;1-5(2,3)4/h1-5H,(H,7,8,9);1-4H3/q;+1/p-1. The molecule has 0 radical (unpaired) electrons. The molecule has 0 aliphatic rings. The smallest absolute Gasteiger partial charge is 0.124 e. The normalized spacial score (nSPS) is 11.5. The number of rotatable bonds is 1. The fourth-order valence-electron chi connectivity index (χ4n) is 0.587. The minimum absolute atomic E-state index is 0.185. The summed E-state index contributed by atoms with van der Waals surface area (Å²) in [5, 5.41) is 0. The zero-order valence-corrected chi connectivity index (χ0v) is 10.3. The lowest BCUT2D eigenvalue weighted by molar-refractivity contribution is -0.849. The Labute approximate surface area is 91.5 Å². The van der Waals surface area contributed by atoms with E-state index >= 15 is 0 Å². The highest BCUT2D eigenvalue weighted by molar-refractivity contribution is 7.85. The van der Waals surface area contributed by atoms with E-state index in [0.29, 0.717) is 0 Å². The Morgan fingerprint density at radius 2 is 1.33 bits per heavy atom. The first-order valence-corrected chi connectivity index (χ1v) is 5.81. The lowest BCUT2D eigenvalue weighted by atomic mass is 10.4. The minimum atomic E-state index is -4.25. The van der Waals surface area contributed by atoms with E-state index in [1.165, 1.54) is 24.3 Å². The van der Waals surface area contributed by atoms with Gasteiger partial charge in [-0.05, 0) is 12.1 Å². The van der Waals surface area contributed by atoms with Gasteiger partial charge in [-0.15, -0.1) is 0 Å². The SMILES string of the molecule is C[N+](C)(C)C.O=S(=O)([O-])c1ccccc1. The number of benzene rings is 1. The molecule has 0 aliphatic carbocycles. The molecule has 5 heteroatoms. The quantitative estimate of drug-likeness (QED) is 0.533. The van der Waals surface area contributed by atoms with Crippen LogP contribution in [-0.2, 0) is 10.1 Å². The number of hydrogen-bond donors (Lipinski definition) is 0. The van der Waals surface area contributed by atoms with Gasteiger partial charge in [-0.1, -0.05) is 18.2 Å². The Hall–Kier alpha value is -0.910. The Balaban J connectivity index is 0.000000336. The fourth-order valence-corrected chi connectivity index (χ4v) is 1.08. The molecule has 4 nitrogen and oxygen atoms in total.